The largest absolute Gasteiger partial charge is 0.494 e. The molecule has 0 radical (unpaired) electrons. The summed E-state index contributed by atoms with van der Waals surface area (Å²) in [5.41, 5.74) is 0.983. The molecule has 1 saturated heterocycles. The number of aromatic nitrogens is 1. The lowest BCUT2D eigenvalue weighted by Gasteiger charge is -2.27. The first kappa shape index (κ1) is 22.9. The standard InChI is InChI=1S/C26H23FN4O3/c1-26(2)24(32)31(20-7-10-23(28-3)22(27)17-20)25(33)30(26)15-4-16-34-21-8-5-18(6-9-21)19-11-13-29-14-12-19/h5-14,17H,4,15-16H2,1-2H3. The molecular formula is C26H23FN4O3. The quantitative estimate of drug-likeness (QED) is 0.268. The molecule has 3 amide bonds. The molecule has 1 aromatic heterocycles. The highest BCUT2D eigenvalue weighted by Crippen LogP contribution is 2.34. The van der Waals surface area contributed by atoms with Crippen molar-refractivity contribution < 1.29 is 18.7 Å². The summed E-state index contributed by atoms with van der Waals surface area (Å²) >= 11 is 0. The summed E-state index contributed by atoms with van der Waals surface area (Å²) in [7, 11) is 0. The molecule has 3 aromatic rings. The molecule has 0 spiro atoms. The van der Waals surface area contributed by atoms with Crippen LogP contribution in [0.3, 0.4) is 0 Å². The van der Waals surface area contributed by atoms with Gasteiger partial charge in [-0.2, -0.15) is 0 Å². The molecule has 0 aliphatic carbocycles. The number of anilines is 1. The van der Waals surface area contributed by atoms with E-state index >= 15 is 0 Å². The molecule has 0 bridgehead atoms. The van der Waals surface area contributed by atoms with Gasteiger partial charge in [-0.15, -0.1) is 0 Å². The Morgan fingerprint density at radius 1 is 1.03 bits per heavy atom. The zero-order valence-corrected chi connectivity index (χ0v) is 18.9. The van der Waals surface area contributed by atoms with E-state index in [0.29, 0.717) is 25.3 Å². The maximum Gasteiger partial charge on any atom is 0.332 e. The van der Waals surface area contributed by atoms with Crippen LogP contribution in [-0.4, -0.2) is 40.5 Å². The van der Waals surface area contributed by atoms with Crippen LogP contribution in [0.2, 0.25) is 0 Å². The van der Waals surface area contributed by atoms with Crippen molar-refractivity contribution in [2.45, 2.75) is 25.8 Å². The summed E-state index contributed by atoms with van der Waals surface area (Å²) in [6.45, 7) is 10.9. The maximum atomic E-state index is 14.1. The van der Waals surface area contributed by atoms with Gasteiger partial charge >= 0.3 is 6.03 Å². The number of pyridine rings is 1. The van der Waals surface area contributed by atoms with Crippen molar-refractivity contribution in [3.05, 3.63) is 84.2 Å². The van der Waals surface area contributed by atoms with Gasteiger partial charge in [0.1, 0.15) is 17.1 Å². The molecule has 0 N–H and O–H groups in total. The second kappa shape index (κ2) is 9.32. The predicted molar refractivity (Wildman–Crippen MR) is 126 cm³/mol. The summed E-state index contributed by atoms with van der Waals surface area (Å²) in [4.78, 5) is 35.5. The zero-order valence-electron chi connectivity index (χ0n) is 18.9. The Hall–Kier alpha value is -4.25. The fourth-order valence-electron chi connectivity index (χ4n) is 3.86. The number of hydrogen-bond acceptors (Lipinski definition) is 4. The van der Waals surface area contributed by atoms with Crippen LogP contribution < -0.4 is 9.64 Å². The molecule has 0 saturated carbocycles. The summed E-state index contributed by atoms with van der Waals surface area (Å²) in [6, 6.07) is 14.8. The fraction of sp³-hybridized carbons (Fsp3) is 0.231. The van der Waals surface area contributed by atoms with Crippen LogP contribution in [0.15, 0.2) is 67.0 Å². The van der Waals surface area contributed by atoms with Gasteiger partial charge in [0.2, 0.25) is 5.69 Å². The lowest BCUT2D eigenvalue weighted by atomic mass is 10.0. The highest BCUT2D eigenvalue weighted by atomic mass is 19.1. The Morgan fingerprint density at radius 2 is 1.71 bits per heavy atom. The first-order chi connectivity index (χ1) is 16.3. The molecule has 1 aliphatic rings. The molecule has 0 atom stereocenters. The van der Waals surface area contributed by atoms with Crippen molar-refractivity contribution in [2.75, 3.05) is 18.1 Å². The van der Waals surface area contributed by atoms with Gasteiger partial charge in [-0.05, 0) is 67.8 Å². The van der Waals surface area contributed by atoms with E-state index in [4.69, 9.17) is 11.3 Å². The van der Waals surface area contributed by atoms with E-state index in [0.717, 1.165) is 22.1 Å². The molecule has 4 rings (SSSR count). The summed E-state index contributed by atoms with van der Waals surface area (Å²) in [5.74, 6) is -0.509. The molecule has 34 heavy (non-hydrogen) atoms. The van der Waals surface area contributed by atoms with Crippen molar-refractivity contribution in [2.24, 2.45) is 0 Å². The van der Waals surface area contributed by atoms with E-state index in [2.05, 4.69) is 9.83 Å². The number of carbonyl (C=O) groups excluding carboxylic acids is 2. The Balaban J connectivity index is 1.37. The number of rotatable bonds is 7. The topological polar surface area (TPSA) is 67.1 Å². The van der Waals surface area contributed by atoms with Crippen LogP contribution in [0, 0.1) is 12.4 Å². The van der Waals surface area contributed by atoms with Gasteiger partial charge < -0.3 is 9.64 Å². The normalized spacial score (nSPS) is 14.9. The number of ether oxygens (including phenoxy) is 1. The molecule has 7 nitrogen and oxygen atoms in total. The van der Waals surface area contributed by atoms with Gasteiger partial charge in [0.15, 0.2) is 0 Å². The number of nitrogens with zero attached hydrogens (tertiary/aromatic N) is 4. The molecule has 1 fully saturated rings. The third-order valence-electron chi connectivity index (χ3n) is 5.80. The maximum absolute atomic E-state index is 14.1. The summed E-state index contributed by atoms with van der Waals surface area (Å²) < 4.78 is 19.9. The number of halogens is 1. The summed E-state index contributed by atoms with van der Waals surface area (Å²) in [5, 5.41) is 0. The average Bonchev–Trinajstić information content (AvgIpc) is 3.01. The number of imide groups is 1. The molecule has 0 unspecified atom stereocenters. The first-order valence-electron chi connectivity index (χ1n) is 10.8. The first-order valence-corrected chi connectivity index (χ1v) is 10.8. The van der Waals surface area contributed by atoms with Crippen molar-refractivity contribution in [3.8, 4) is 16.9 Å². The van der Waals surface area contributed by atoms with Crippen LogP contribution >= 0.6 is 0 Å². The van der Waals surface area contributed by atoms with Crippen molar-refractivity contribution in [1.82, 2.24) is 9.88 Å². The minimum atomic E-state index is -1.09. The Kier molecular flexibility index (Phi) is 6.28. The van der Waals surface area contributed by atoms with E-state index in [1.54, 1.807) is 26.2 Å². The van der Waals surface area contributed by atoms with Crippen LogP contribution in [0.5, 0.6) is 5.75 Å². The molecule has 2 aromatic carbocycles. The smallest absolute Gasteiger partial charge is 0.332 e. The highest BCUT2D eigenvalue weighted by molar-refractivity contribution is 6.23. The average molecular weight is 458 g/mol. The summed E-state index contributed by atoms with van der Waals surface area (Å²) in [6.07, 6.45) is 3.99. The Bertz CT molecular complexity index is 1250. The molecule has 8 heteroatoms. The van der Waals surface area contributed by atoms with Gasteiger partial charge in [-0.25, -0.2) is 18.9 Å². The Morgan fingerprint density at radius 3 is 2.35 bits per heavy atom. The number of benzene rings is 2. The van der Waals surface area contributed by atoms with Crippen molar-refractivity contribution in [3.63, 3.8) is 0 Å². The van der Waals surface area contributed by atoms with Gasteiger partial charge in [0.05, 0.1) is 18.9 Å². The van der Waals surface area contributed by atoms with E-state index in [9.17, 15) is 14.0 Å². The highest BCUT2D eigenvalue weighted by Gasteiger charge is 2.51. The van der Waals surface area contributed by atoms with Crippen LogP contribution in [0.4, 0.5) is 20.6 Å². The van der Waals surface area contributed by atoms with Gasteiger partial charge in [-0.1, -0.05) is 18.2 Å². The van der Waals surface area contributed by atoms with E-state index in [-0.39, 0.29) is 11.4 Å². The lowest BCUT2D eigenvalue weighted by molar-refractivity contribution is -0.123. The predicted octanol–water partition coefficient (Wildman–Crippen LogP) is 5.45. The zero-order chi connectivity index (χ0) is 24.3. The fourth-order valence-corrected chi connectivity index (χ4v) is 3.86. The second-order valence-corrected chi connectivity index (χ2v) is 8.34. The molecular weight excluding hydrogens is 435 g/mol. The van der Waals surface area contributed by atoms with E-state index in [1.807, 2.05) is 36.4 Å². The molecule has 2 heterocycles. The van der Waals surface area contributed by atoms with Crippen LogP contribution in [0.25, 0.3) is 16.0 Å². The van der Waals surface area contributed by atoms with Crippen molar-refractivity contribution >= 4 is 23.3 Å². The van der Waals surface area contributed by atoms with Gasteiger partial charge in [0, 0.05) is 18.9 Å². The SMILES string of the molecule is [C-]#[N+]c1ccc(N2C(=O)N(CCCOc3ccc(-c4ccncc4)cc3)C(C)(C)C2=O)cc1F. The minimum Gasteiger partial charge on any atom is -0.494 e. The lowest BCUT2D eigenvalue weighted by Crippen LogP contribution is -2.44. The third-order valence-corrected chi connectivity index (χ3v) is 5.80. The molecule has 1 aliphatic heterocycles. The van der Waals surface area contributed by atoms with E-state index in [1.165, 1.54) is 17.0 Å². The number of hydrogen-bond donors (Lipinski definition) is 0. The van der Waals surface area contributed by atoms with Gasteiger partial charge in [-0.3, -0.25) is 9.78 Å². The number of urea groups is 1. The Labute approximate surface area is 197 Å². The molecule has 172 valence electrons. The third kappa shape index (κ3) is 4.33. The van der Waals surface area contributed by atoms with Crippen LogP contribution in [-0.2, 0) is 4.79 Å². The minimum absolute atomic E-state index is 0.112. The van der Waals surface area contributed by atoms with Crippen LogP contribution in [0.1, 0.15) is 20.3 Å². The van der Waals surface area contributed by atoms with E-state index < -0.39 is 23.3 Å². The number of carbonyl (C=O) groups is 2. The van der Waals surface area contributed by atoms with Gasteiger partial charge in [0.25, 0.3) is 5.91 Å². The monoisotopic (exact) mass is 458 g/mol. The number of amides is 3. The van der Waals surface area contributed by atoms with Crippen molar-refractivity contribution in [1.29, 1.82) is 0 Å². The second-order valence-electron chi connectivity index (χ2n) is 8.34.